The first kappa shape index (κ1) is 13.2. The lowest BCUT2D eigenvalue weighted by Crippen LogP contribution is -2.48. The molecule has 100 valence electrons. The third kappa shape index (κ3) is 2.79. The van der Waals surface area contributed by atoms with E-state index in [4.69, 9.17) is 10.00 Å². The molecule has 1 heterocycles. The Hall–Kier alpha value is -2.22. The fourth-order valence-electron chi connectivity index (χ4n) is 1.96. The van der Waals surface area contributed by atoms with E-state index in [1.54, 1.807) is 11.9 Å². The number of benzene rings is 1. The molecule has 1 aliphatic rings. The zero-order valence-corrected chi connectivity index (χ0v) is 11.1. The quantitative estimate of drug-likeness (QED) is 0.895. The number of likely N-dealkylation sites (N-methyl/N-ethyl adjacent to an activating group) is 1. The van der Waals surface area contributed by atoms with Gasteiger partial charge in [-0.3, -0.25) is 4.79 Å². The highest BCUT2D eigenvalue weighted by atomic mass is 16.5. The summed E-state index contributed by atoms with van der Waals surface area (Å²) in [7, 11) is 1.70. The topological polar surface area (TPSA) is 65.4 Å². The van der Waals surface area contributed by atoms with Crippen LogP contribution >= 0.6 is 0 Å². The molecule has 2 atom stereocenters. The van der Waals surface area contributed by atoms with Gasteiger partial charge in [0.25, 0.3) is 5.91 Å². The van der Waals surface area contributed by atoms with Gasteiger partial charge in [-0.2, -0.15) is 5.26 Å². The number of fused-ring (bicyclic) bond motifs is 1. The van der Waals surface area contributed by atoms with Crippen LogP contribution in [-0.2, 0) is 4.79 Å². The van der Waals surface area contributed by atoms with Gasteiger partial charge in [0.15, 0.2) is 6.10 Å². The molecule has 0 saturated heterocycles. The van der Waals surface area contributed by atoms with Crippen LogP contribution in [0.1, 0.15) is 13.3 Å². The SMILES string of the molecule is CC(CC#N)N(C)C(=O)C1CNc2ccccc2O1. The van der Waals surface area contributed by atoms with Crippen molar-refractivity contribution in [3.8, 4) is 11.8 Å². The summed E-state index contributed by atoms with van der Waals surface area (Å²) in [4.78, 5) is 13.8. The van der Waals surface area contributed by atoms with E-state index in [1.807, 2.05) is 31.2 Å². The molecular weight excluding hydrogens is 242 g/mol. The highest BCUT2D eigenvalue weighted by Crippen LogP contribution is 2.28. The second-order valence-corrected chi connectivity index (χ2v) is 4.64. The standard InChI is InChI=1S/C14H17N3O2/c1-10(7-8-15)17(2)14(18)13-9-16-11-5-3-4-6-12(11)19-13/h3-6,10,13,16H,7,9H2,1-2H3. The van der Waals surface area contributed by atoms with E-state index in [0.29, 0.717) is 18.7 Å². The van der Waals surface area contributed by atoms with Crippen LogP contribution < -0.4 is 10.1 Å². The van der Waals surface area contributed by atoms with Crippen molar-refractivity contribution in [1.29, 1.82) is 5.26 Å². The van der Waals surface area contributed by atoms with Crippen molar-refractivity contribution in [2.45, 2.75) is 25.5 Å². The zero-order chi connectivity index (χ0) is 13.8. The number of anilines is 1. The van der Waals surface area contributed by atoms with Crippen molar-refractivity contribution < 1.29 is 9.53 Å². The lowest BCUT2D eigenvalue weighted by Gasteiger charge is -2.31. The second kappa shape index (κ2) is 5.61. The maximum Gasteiger partial charge on any atom is 0.265 e. The van der Waals surface area contributed by atoms with Crippen LogP contribution in [0.5, 0.6) is 5.75 Å². The molecule has 0 saturated carbocycles. The summed E-state index contributed by atoms with van der Waals surface area (Å²) in [6, 6.07) is 9.49. The third-order valence-corrected chi connectivity index (χ3v) is 3.31. The molecule has 1 N–H and O–H groups in total. The maximum absolute atomic E-state index is 12.3. The Bertz CT molecular complexity index is 510. The monoisotopic (exact) mass is 259 g/mol. The van der Waals surface area contributed by atoms with Crippen LogP contribution in [0.15, 0.2) is 24.3 Å². The van der Waals surface area contributed by atoms with Crippen LogP contribution in [0.25, 0.3) is 0 Å². The van der Waals surface area contributed by atoms with Gasteiger partial charge in [0.05, 0.1) is 24.7 Å². The Morgan fingerprint density at radius 3 is 3.11 bits per heavy atom. The summed E-state index contributed by atoms with van der Waals surface area (Å²) >= 11 is 0. The molecule has 0 fully saturated rings. The average Bonchev–Trinajstić information content (AvgIpc) is 2.45. The average molecular weight is 259 g/mol. The van der Waals surface area contributed by atoms with Crippen LogP contribution in [0.3, 0.4) is 0 Å². The van der Waals surface area contributed by atoms with E-state index in [9.17, 15) is 4.79 Å². The molecule has 0 spiro atoms. The number of para-hydroxylation sites is 2. The van der Waals surface area contributed by atoms with Crippen molar-refractivity contribution in [3.63, 3.8) is 0 Å². The van der Waals surface area contributed by atoms with E-state index < -0.39 is 6.10 Å². The van der Waals surface area contributed by atoms with E-state index in [-0.39, 0.29) is 11.9 Å². The van der Waals surface area contributed by atoms with E-state index in [0.717, 1.165) is 5.69 Å². The lowest BCUT2D eigenvalue weighted by atomic mass is 10.1. The van der Waals surface area contributed by atoms with Gasteiger partial charge in [0.2, 0.25) is 0 Å². The highest BCUT2D eigenvalue weighted by molar-refractivity contribution is 5.83. The number of nitrogens with zero attached hydrogens (tertiary/aromatic N) is 2. The number of carbonyl (C=O) groups is 1. The number of rotatable bonds is 3. The molecule has 0 aromatic heterocycles. The van der Waals surface area contributed by atoms with Gasteiger partial charge in [-0.25, -0.2) is 0 Å². The van der Waals surface area contributed by atoms with Crippen molar-refractivity contribution in [2.75, 3.05) is 18.9 Å². The minimum atomic E-state index is -0.541. The summed E-state index contributed by atoms with van der Waals surface area (Å²) in [5, 5.41) is 11.9. The van der Waals surface area contributed by atoms with Crippen LogP contribution in [-0.4, -0.2) is 36.5 Å². The van der Waals surface area contributed by atoms with Crippen molar-refractivity contribution in [3.05, 3.63) is 24.3 Å². The summed E-state index contributed by atoms with van der Waals surface area (Å²) in [6.45, 7) is 2.30. The number of nitriles is 1. The van der Waals surface area contributed by atoms with Gasteiger partial charge in [-0.05, 0) is 19.1 Å². The van der Waals surface area contributed by atoms with Crippen molar-refractivity contribution in [1.82, 2.24) is 4.90 Å². The van der Waals surface area contributed by atoms with Crippen LogP contribution in [0.2, 0.25) is 0 Å². The molecule has 0 bridgehead atoms. The number of ether oxygens (including phenoxy) is 1. The Morgan fingerprint density at radius 2 is 2.37 bits per heavy atom. The molecule has 19 heavy (non-hydrogen) atoms. The molecular formula is C14H17N3O2. The number of hydrogen-bond donors (Lipinski definition) is 1. The summed E-state index contributed by atoms with van der Waals surface area (Å²) in [5.74, 6) is 0.582. The minimum Gasteiger partial charge on any atom is -0.477 e. The molecule has 0 radical (unpaired) electrons. The number of hydrogen-bond acceptors (Lipinski definition) is 4. The largest absolute Gasteiger partial charge is 0.477 e. The summed E-state index contributed by atoms with van der Waals surface area (Å²) in [5.41, 5.74) is 0.902. The second-order valence-electron chi connectivity index (χ2n) is 4.64. The molecule has 5 nitrogen and oxygen atoms in total. The van der Waals surface area contributed by atoms with Gasteiger partial charge in [-0.15, -0.1) is 0 Å². The van der Waals surface area contributed by atoms with Crippen molar-refractivity contribution in [2.24, 2.45) is 0 Å². The molecule has 2 rings (SSSR count). The third-order valence-electron chi connectivity index (χ3n) is 3.31. The Morgan fingerprint density at radius 1 is 1.63 bits per heavy atom. The maximum atomic E-state index is 12.3. The van der Waals surface area contributed by atoms with E-state index in [2.05, 4.69) is 11.4 Å². The van der Waals surface area contributed by atoms with E-state index >= 15 is 0 Å². The zero-order valence-electron chi connectivity index (χ0n) is 11.1. The predicted molar refractivity (Wildman–Crippen MR) is 71.8 cm³/mol. The van der Waals surface area contributed by atoms with Crippen molar-refractivity contribution >= 4 is 11.6 Å². The Balaban J connectivity index is 2.05. The fourth-order valence-corrected chi connectivity index (χ4v) is 1.96. The highest BCUT2D eigenvalue weighted by Gasteiger charge is 2.29. The lowest BCUT2D eigenvalue weighted by molar-refractivity contribution is -0.138. The Kier molecular flexibility index (Phi) is 3.91. The van der Waals surface area contributed by atoms with Gasteiger partial charge >= 0.3 is 0 Å². The Labute approximate surface area is 112 Å². The van der Waals surface area contributed by atoms with Gasteiger partial charge in [0.1, 0.15) is 5.75 Å². The van der Waals surface area contributed by atoms with Gasteiger partial charge < -0.3 is 15.0 Å². The molecule has 0 aliphatic carbocycles. The first-order valence-electron chi connectivity index (χ1n) is 6.26. The molecule has 2 unspecified atom stereocenters. The van der Waals surface area contributed by atoms with Crippen LogP contribution in [0.4, 0.5) is 5.69 Å². The number of nitrogens with one attached hydrogen (secondary N) is 1. The fraction of sp³-hybridized carbons (Fsp3) is 0.429. The summed E-state index contributed by atoms with van der Waals surface area (Å²) in [6.07, 6.45) is -0.222. The normalized spacial score (nSPS) is 18.3. The molecule has 1 amide bonds. The predicted octanol–water partition coefficient (Wildman–Crippen LogP) is 1.62. The molecule has 1 aliphatic heterocycles. The molecule has 1 aromatic rings. The van der Waals surface area contributed by atoms with Gasteiger partial charge in [0, 0.05) is 13.1 Å². The van der Waals surface area contributed by atoms with Crippen LogP contribution in [0, 0.1) is 11.3 Å². The molecule has 5 heteroatoms. The first-order valence-corrected chi connectivity index (χ1v) is 6.26. The molecule has 1 aromatic carbocycles. The number of carbonyl (C=O) groups excluding carboxylic acids is 1. The first-order chi connectivity index (χ1) is 9.13. The van der Waals surface area contributed by atoms with Gasteiger partial charge in [-0.1, -0.05) is 12.1 Å². The smallest absolute Gasteiger partial charge is 0.265 e. The van der Waals surface area contributed by atoms with E-state index in [1.165, 1.54) is 0 Å². The summed E-state index contributed by atoms with van der Waals surface area (Å²) < 4.78 is 5.71. The number of amides is 1. The minimum absolute atomic E-state index is 0.107.